The van der Waals surface area contributed by atoms with Crippen molar-refractivity contribution in [1.29, 1.82) is 0 Å². The fourth-order valence-electron chi connectivity index (χ4n) is 1.43. The number of rotatable bonds is 4. The van der Waals surface area contributed by atoms with E-state index in [1.165, 1.54) is 6.92 Å². The van der Waals surface area contributed by atoms with Crippen LogP contribution in [0.25, 0.3) is 0 Å². The van der Waals surface area contributed by atoms with Crippen molar-refractivity contribution < 1.29 is 9.53 Å². The van der Waals surface area contributed by atoms with E-state index in [1.54, 1.807) is 0 Å². The quantitative estimate of drug-likeness (QED) is 0.824. The molecule has 0 saturated heterocycles. The van der Waals surface area contributed by atoms with Crippen LogP contribution in [0.5, 0.6) is 5.75 Å². The highest BCUT2D eigenvalue weighted by Gasteiger charge is 2.03. The van der Waals surface area contributed by atoms with Crippen molar-refractivity contribution in [3.63, 3.8) is 0 Å². The summed E-state index contributed by atoms with van der Waals surface area (Å²) >= 11 is 0. The topological polar surface area (TPSA) is 38.3 Å². The molecule has 0 aliphatic heterocycles. The molecule has 1 N–H and O–H groups in total. The Bertz CT molecular complexity index is 347. The van der Waals surface area contributed by atoms with Crippen LogP contribution in [0, 0.1) is 0 Å². The number of hydrogen-bond acceptors (Lipinski definition) is 2. The predicted molar refractivity (Wildman–Crippen MR) is 61.3 cm³/mol. The molecule has 0 unspecified atom stereocenters. The summed E-state index contributed by atoms with van der Waals surface area (Å²) in [7, 11) is 0. The molecule has 0 spiro atoms. The number of hydrogen-bond donors (Lipinski definition) is 1. The lowest BCUT2D eigenvalue weighted by Gasteiger charge is -2.10. The molecule has 15 heavy (non-hydrogen) atoms. The van der Waals surface area contributed by atoms with Gasteiger partial charge in [0.15, 0.2) is 0 Å². The average molecular weight is 207 g/mol. The standard InChI is InChI=1S/C12H17NO2/c1-4-10-8-11(13-9(3)14)6-7-12(10)15-5-2/h6-8H,4-5H2,1-3H3,(H,13,14). The Morgan fingerprint density at radius 1 is 1.40 bits per heavy atom. The molecular formula is C12H17NO2. The Labute approximate surface area is 90.4 Å². The van der Waals surface area contributed by atoms with Gasteiger partial charge < -0.3 is 10.1 Å². The number of anilines is 1. The van der Waals surface area contributed by atoms with Crippen LogP contribution in [-0.4, -0.2) is 12.5 Å². The fraction of sp³-hybridized carbons (Fsp3) is 0.417. The highest BCUT2D eigenvalue weighted by atomic mass is 16.5. The third kappa shape index (κ3) is 3.27. The van der Waals surface area contributed by atoms with Crippen molar-refractivity contribution in [3.8, 4) is 5.75 Å². The van der Waals surface area contributed by atoms with Crippen LogP contribution in [-0.2, 0) is 11.2 Å². The molecule has 82 valence electrons. The monoisotopic (exact) mass is 207 g/mol. The molecule has 0 aliphatic rings. The van der Waals surface area contributed by atoms with E-state index < -0.39 is 0 Å². The van der Waals surface area contributed by atoms with Gasteiger partial charge in [0.25, 0.3) is 0 Å². The third-order valence-corrected chi connectivity index (χ3v) is 2.06. The maximum atomic E-state index is 10.9. The van der Waals surface area contributed by atoms with Crippen LogP contribution in [0.1, 0.15) is 26.3 Å². The highest BCUT2D eigenvalue weighted by Crippen LogP contribution is 2.23. The summed E-state index contributed by atoms with van der Waals surface area (Å²) < 4.78 is 5.48. The first-order chi connectivity index (χ1) is 7.17. The van der Waals surface area contributed by atoms with Crippen LogP contribution >= 0.6 is 0 Å². The Morgan fingerprint density at radius 2 is 2.13 bits per heavy atom. The second kappa shape index (κ2) is 5.39. The summed E-state index contributed by atoms with van der Waals surface area (Å²) in [6.45, 7) is 6.19. The molecular weight excluding hydrogens is 190 g/mol. The number of aryl methyl sites for hydroxylation is 1. The van der Waals surface area contributed by atoms with Crippen molar-refractivity contribution in [2.75, 3.05) is 11.9 Å². The first-order valence-corrected chi connectivity index (χ1v) is 5.20. The third-order valence-electron chi connectivity index (χ3n) is 2.06. The van der Waals surface area contributed by atoms with Gasteiger partial charge in [0.05, 0.1) is 6.61 Å². The predicted octanol–water partition coefficient (Wildman–Crippen LogP) is 2.61. The number of amides is 1. The number of carbonyl (C=O) groups is 1. The minimum absolute atomic E-state index is 0.0544. The van der Waals surface area contributed by atoms with Gasteiger partial charge in [-0.15, -0.1) is 0 Å². The smallest absolute Gasteiger partial charge is 0.221 e. The Balaban J connectivity index is 2.91. The molecule has 1 amide bonds. The van der Waals surface area contributed by atoms with Crippen molar-refractivity contribution in [3.05, 3.63) is 23.8 Å². The van der Waals surface area contributed by atoms with Crippen molar-refractivity contribution in [1.82, 2.24) is 0 Å². The van der Waals surface area contributed by atoms with Gasteiger partial charge in [-0.3, -0.25) is 4.79 Å². The van der Waals surface area contributed by atoms with Crippen molar-refractivity contribution in [2.24, 2.45) is 0 Å². The molecule has 0 saturated carbocycles. The van der Waals surface area contributed by atoms with Gasteiger partial charge in [-0.2, -0.15) is 0 Å². The van der Waals surface area contributed by atoms with E-state index >= 15 is 0 Å². The molecule has 3 nitrogen and oxygen atoms in total. The molecule has 1 aromatic carbocycles. The minimum Gasteiger partial charge on any atom is -0.494 e. The fourth-order valence-corrected chi connectivity index (χ4v) is 1.43. The average Bonchev–Trinajstić information content (AvgIpc) is 2.20. The molecule has 3 heteroatoms. The number of ether oxygens (including phenoxy) is 1. The van der Waals surface area contributed by atoms with Gasteiger partial charge >= 0.3 is 0 Å². The second-order valence-corrected chi connectivity index (χ2v) is 3.29. The zero-order chi connectivity index (χ0) is 11.3. The molecule has 0 aliphatic carbocycles. The van der Waals surface area contributed by atoms with Crippen LogP contribution in [0.2, 0.25) is 0 Å². The largest absolute Gasteiger partial charge is 0.494 e. The summed E-state index contributed by atoms with van der Waals surface area (Å²) in [5.41, 5.74) is 1.94. The van der Waals surface area contributed by atoms with E-state index in [-0.39, 0.29) is 5.91 Å². The molecule has 0 bridgehead atoms. The number of nitrogens with one attached hydrogen (secondary N) is 1. The minimum atomic E-state index is -0.0544. The Morgan fingerprint density at radius 3 is 2.67 bits per heavy atom. The Kier molecular flexibility index (Phi) is 4.16. The molecule has 0 aromatic heterocycles. The van der Waals surface area contributed by atoms with Gasteiger partial charge in [0, 0.05) is 12.6 Å². The molecule has 1 rings (SSSR count). The lowest BCUT2D eigenvalue weighted by atomic mass is 10.1. The van der Waals surface area contributed by atoms with E-state index in [0.29, 0.717) is 6.61 Å². The highest BCUT2D eigenvalue weighted by molar-refractivity contribution is 5.88. The first-order valence-electron chi connectivity index (χ1n) is 5.20. The molecule has 1 aromatic rings. The van der Waals surface area contributed by atoms with E-state index in [1.807, 2.05) is 25.1 Å². The second-order valence-electron chi connectivity index (χ2n) is 3.29. The van der Waals surface area contributed by atoms with Gasteiger partial charge in [-0.1, -0.05) is 6.92 Å². The van der Waals surface area contributed by atoms with Crippen LogP contribution < -0.4 is 10.1 Å². The first kappa shape index (κ1) is 11.6. The van der Waals surface area contributed by atoms with E-state index in [2.05, 4.69) is 12.2 Å². The van der Waals surface area contributed by atoms with Crippen LogP contribution in [0.15, 0.2) is 18.2 Å². The number of benzene rings is 1. The zero-order valence-electron chi connectivity index (χ0n) is 9.46. The molecule has 0 atom stereocenters. The SMILES string of the molecule is CCOc1ccc(NC(C)=O)cc1CC. The van der Waals surface area contributed by atoms with Gasteiger partial charge in [0.2, 0.25) is 5.91 Å². The van der Waals surface area contributed by atoms with E-state index in [4.69, 9.17) is 4.74 Å². The summed E-state index contributed by atoms with van der Waals surface area (Å²) in [6, 6.07) is 5.70. The Hall–Kier alpha value is -1.51. The summed E-state index contributed by atoms with van der Waals surface area (Å²) in [5, 5.41) is 2.75. The van der Waals surface area contributed by atoms with Gasteiger partial charge in [0.1, 0.15) is 5.75 Å². The lowest BCUT2D eigenvalue weighted by Crippen LogP contribution is -2.06. The summed E-state index contributed by atoms with van der Waals surface area (Å²) in [5.74, 6) is 0.843. The van der Waals surface area contributed by atoms with Crippen LogP contribution in [0.3, 0.4) is 0 Å². The number of carbonyl (C=O) groups excluding carboxylic acids is 1. The van der Waals surface area contributed by atoms with Gasteiger partial charge in [-0.05, 0) is 37.1 Å². The van der Waals surface area contributed by atoms with E-state index in [9.17, 15) is 4.79 Å². The summed E-state index contributed by atoms with van der Waals surface area (Å²) in [4.78, 5) is 10.9. The van der Waals surface area contributed by atoms with E-state index in [0.717, 1.165) is 23.4 Å². The molecule has 0 heterocycles. The molecule has 0 fully saturated rings. The lowest BCUT2D eigenvalue weighted by molar-refractivity contribution is -0.114. The zero-order valence-corrected chi connectivity index (χ0v) is 9.46. The maximum Gasteiger partial charge on any atom is 0.221 e. The summed E-state index contributed by atoms with van der Waals surface area (Å²) in [6.07, 6.45) is 0.892. The van der Waals surface area contributed by atoms with Crippen molar-refractivity contribution in [2.45, 2.75) is 27.2 Å². The molecule has 0 radical (unpaired) electrons. The normalized spacial score (nSPS) is 9.80. The van der Waals surface area contributed by atoms with Gasteiger partial charge in [-0.25, -0.2) is 0 Å². The van der Waals surface area contributed by atoms with Crippen molar-refractivity contribution >= 4 is 11.6 Å². The van der Waals surface area contributed by atoms with Crippen LogP contribution in [0.4, 0.5) is 5.69 Å². The maximum absolute atomic E-state index is 10.9.